The summed E-state index contributed by atoms with van der Waals surface area (Å²) in [4.78, 5) is 4.30. The minimum atomic E-state index is 0.408. The highest BCUT2D eigenvalue weighted by Gasteiger charge is 2.07. The Morgan fingerprint density at radius 1 is 1.17 bits per heavy atom. The number of hydrogen-bond donors (Lipinski definition) is 2. The van der Waals surface area contributed by atoms with E-state index in [9.17, 15) is 0 Å². The van der Waals surface area contributed by atoms with Crippen molar-refractivity contribution in [2.24, 2.45) is 10.9 Å². The smallest absolute Gasteiger partial charge is 0.191 e. The van der Waals surface area contributed by atoms with E-state index in [1.165, 1.54) is 6.42 Å². The minimum absolute atomic E-state index is 0.408. The van der Waals surface area contributed by atoms with E-state index in [2.05, 4.69) is 41.5 Å². The summed E-state index contributed by atoms with van der Waals surface area (Å²) in [6.07, 6.45) is 6.28. The number of para-hydroxylation sites is 1. The van der Waals surface area contributed by atoms with Crippen molar-refractivity contribution in [3.8, 4) is 5.69 Å². The normalized spacial score (nSPS) is 13.1. The number of nitrogens with one attached hydrogen (secondary N) is 2. The predicted octanol–water partition coefficient (Wildman–Crippen LogP) is 3.36. The van der Waals surface area contributed by atoms with Crippen LogP contribution in [0.4, 0.5) is 0 Å². The van der Waals surface area contributed by atoms with Crippen molar-refractivity contribution in [1.29, 1.82) is 0 Å². The molecule has 5 nitrogen and oxygen atoms in total. The number of aliphatic imine (C=N–C) groups is 1. The molecule has 2 aromatic rings. The van der Waals surface area contributed by atoms with Crippen molar-refractivity contribution < 1.29 is 0 Å². The first-order valence-electron chi connectivity index (χ1n) is 8.64. The molecule has 0 radical (unpaired) electrons. The SMILES string of the molecule is CN=C(NCc1cnn(-c2ccccc2)c1)NC(C)CCC(C)C. The number of hydrogen-bond acceptors (Lipinski definition) is 2. The van der Waals surface area contributed by atoms with E-state index in [1.807, 2.05) is 47.4 Å². The summed E-state index contributed by atoms with van der Waals surface area (Å²) in [5.74, 6) is 1.56. The molecule has 0 bridgehead atoms. The van der Waals surface area contributed by atoms with E-state index in [4.69, 9.17) is 0 Å². The Bertz CT molecular complexity index is 630. The molecule has 0 amide bonds. The number of guanidine groups is 1. The third-order valence-corrected chi connectivity index (χ3v) is 3.90. The van der Waals surface area contributed by atoms with Crippen LogP contribution in [0.1, 0.15) is 39.2 Å². The summed E-state index contributed by atoms with van der Waals surface area (Å²) >= 11 is 0. The molecule has 2 N–H and O–H groups in total. The lowest BCUT2D eigenvalue weighted by atomic mass is 10.0. The fourth-order valence-electron chi connectivity index (χ4n) is 2.44. The van der Waals surface area contributed by atoms with Crippen LogP contribution >= 0.6 is 0 Å². The van der Waals surface area contributed by atoms with Gasteiger partial charge in [-0.05, 0) is 37.8 Å². The molecule has 0 fully saturated rings. The lowest BCUT2D eigenvalue weighted by molar-refractivity contribution is 0.489. The topological polar surface area (TPSA) is 54.2 Å². The van der Waals surface area contributed by atoms with E-state index in [1.54, 1.807) is 7.05 Å². The summed E-state index contributed by atoms with van der Waals surface area (Å²) in [5.41, 5.74) is 2.19. The molecule has 1 aromatic heterocycles. The number of rotatable bonds is 7. The van der Waals surface area contributed by atoms with Gasteiger partial charge in [0.15, 0.2) is 5.96 Å². The molecule has 1 heterocycles. The fraction of sp³-hybridized carbons (Fsp3) is 0.474. The van der Waals surface area contributed by atoms with Crippen molar-refractivity contribution in [3.05, 3.63) is 48.3 Å². The van der Waals surface area contributed by atoms with Gasteiger partial charge in [-0.3, -0.25) is 4.99 Å². The van der Waals surface area contributed by atoms with Crippen molar-refractivity contribution in [2.75, 3.05) is 7.05 Å². The van der Waals surface area contributed by atoms with Gasteiger partial charge in [0.25, 0.3) is 0 Å². The van der Waals surface area contributed by atoms with Gasteiger partial charge >= 0.3 is 0 Å². The van der Waals surface area contributed by atoms with Crippen LogP contribution in [0.2, 0.25) is 0 Å². The van der Waals surface area contributed by atoms with Gasteiger partial charge in [-0.25, -0.2) is 4.68 Å². The Hall–Kier alpha value is -2.30. The zero-order valence-electron chi connectivity index (χ0n) is 15.2. The summed E-state index contributed by atoms with van der Waals surface area (Å²) in [6.45, 7) is 7.40. The van der Waals surface area contributed by atoms with Crippen LogP contribution in [-0.4, -0.2) is 28.8 Å². The molecule has 5 heteroatoms. The number of benzene rings is 1. The van der Waals surface area contributed by atoms with Crippen LogP contribution in [0.15, 0.2) is 47.7 Å². The molecule has 1 unspecified atom stereocenters. The summed E-state index contributed by atoms with van der Waals surface area (Å²) in [6, 6.07) is 10.5. The van der Waals surface area contributed by atoms with Gasteiger partial charge in [0.1, 0.15) is 0 Å². The van der Waals surface area contributed by atoms with Gasteiger partial charge in [-0.15, -0.1) is 0 Å². The number of nitrogens with zero attached hydrogens (tertiary/aromatic N) is 3. The molecular formula is C19H29N5. The Balaban J connectivity index is 1.84. The molecule has 2 rings (SSSR count). The molecule has 24 heavy (non-hydrogen) atoms. The van der Waals surface area contributed by atoms with E-state index in [0.717, 1.165) is 29.5 Å². The Labute approximate surface area is 145 Å². The van der Waals surface area contributed by atoms with Crippen molar-refractivity contribution in [1.82, 2.24) is 20.4 Å². The van der Waals surface area contributed by atoms with Crippen LogP contribution in [-0.2, 0) is 6.54 Å². The molecule has 0 saturated heterocycles. The van der Waals surface area contributed by atoms with Gasteiger partial charge in [-0.1, -0.05) is 32.0 Å². The van der Waals surface area contributed by atoms with Crippen LogP contribution in [0.5, 0.6) is 0 Å². The van der Waals surface area contributed by atoms with Crippen LogP contribution in [0.3, 0.4) is 0 Å². The maximum atomic E-state index is 4.42. The van der Waals surface area contributed by atoms with E-state index in [0.29, 0.717) is 12.6 Å². The highest BCUT2D eigenvalue weighted by molar-refractivity contribution is 5.79. The van der Waals surface area contributed by atoms with Gasteiger partial charge in [0, 0.05) is 31.4 Å². The average molecular weight is 327 g/mol. The Kier molecular flexibility index (Phi) is 6.85. The van der Waals surface area contributed by atoms with Crippen molar-refractivity contribution in [3.63, 3.8) is 0 Å². The number of aromatic nitrogens is 2. The first kappa shape index (κ1) is 18.0. The van der Waals surface area contributed by atoms with Crippen LogP contribution in [0.25, 0.3) is 5.69 Å². The second-order valence-corrected chi connectivity index (χ2v) is 6.57. The van der Waals surface area contributed by atoms with Gasteiger partial charge in [0.05, 0.1) is 11.9 Å². The molecule has 0 saturated carbocycles. The standard InChI is InChI=1S/C19H29N5/c1-15(2)10-11-16(3)23-19(20-4)21-12-17-13-22-24(14-17)18-8-6-5-7-9-18/h5-9,13-16H,10-12H2,1-4H3,(H2,20,21,23). The maximum absolute atomic E-state index is 4.42. The summed E-state index contributed by atoms with van der Waals surface area (Å²) in [5, 5.41) is 11.2. The molecule has 130 valence electrons. The average Bonchev–Trinajstić information content (AvgIpc) is 3.06. The minimum Gasteiger partial charge on any atom is -0.354 e. The molecular weight excluding hydrogens is 298 g/mol. The summed E-state index contributed by atoms with van der Waals surface area (Å²) in [7, 11) is 1.80. The fourth-order valence-corrected chi connectivity index (χ4v) is 2.44. The zero-order valence-corrected chi connectivity index (χ0v) is 15.2. The first-order chi connectivity index (χ1) is 11.6. The third kappa shape index (κ3) is 5.72. The summed E-state index contributed by atoms with van der Waals surface area (Å²) < 4.78 is 1.89. The Morgan fingerprint density at radius 2 is 1.92 bits per heavy atom. The first-order valence-corrected chi connectivity index (χ1v) is 8.64. The molecule has 0 aliphatic rings. The van der Waals surface area contributed by atoms with Crippen LogP contribution in [0, 0.1) is 5.92 Å². The van der Waals surface area contributed by atoms with Crippen molar-refractivity contribution >= 4 is 5.96 Å². The quantitative estimate of drug-likeness (QED) is 0.605. The maximum Gasteiger partial charge on any atom is 0.191 e. The lowest BCUT2D eigenvalue weighted by Crippen LogP contribution is -2.41. The van der Waals surface area contributed by atoms with E-state index < -0.39 is 0 Å². The van der Waals surface area contributed by atoms with E-state index in [-0.39, 0.29) is 0 Å². The monoisotopic (exact) mass is 327 g/mol. The Morgan fingerprint density at radius 3 is 2.58 bits per heavy atom. The lowest BCUT2D eigenvalue weighted by Gasteiger charge is -2.18. The predicted molar refractivity (Wildman–Crippen MR) is 100 cm³/mol. The zero-order chi connectivity index (χ0) is 17.4. The van der Waals surface area contributed by atoms with Crippen LogP contribution < -0.4 is 10.6 Å². The highest BCUT2D eigenvalue weighted by atomic mass is 15.3. The van der Waals surface area contributed by atoms with Gasteiger partial charge in [-0.2, -0.15) is 5.10 Å². The van der Waals surface area contributed by atoms with E-state index >= 15 is 0 Å². The third-order valence-electron chi connectivity index (χ3n) is 3.90. The molecule has 0 aliphatic heterocycles. The van der Waals surface area contributed by atoms with Gasteiger partial charge in [0.2, 0.25) is 0 Å². The highest BCUT2D eigenvalue weighted by Crippen LogP contribution is 2.08. The largest absolute Gasteiger partial charge is 0.354 e. The van der Waals surface area contributed by atoms with Gasteiger partial charge < -0.3 is 10.6 Å². The molecule has 0 spiro atoms. The second kappa shape index (κ2) is 9.11. The van der Waals surface area contributed by atoms with Crippen molar-refractivity contribution in [2.45, 2.75) is 46.2 Å². The molecule has 1 aromatic carbocycles. The molecule has 0 aliphatic carbocycles. The second-order valence-electron chi connectivity index (χ2n) is 6.57. The molecule has 1 atom stereocenters.